The number of thiol groups is 1. The van der Waals surface area contributed by atoms with Gasteiger partial charge in [0, 0.05) is 6.54 Å². The normalized spacial score (nSPS) is 22.8. The lowest BCUT2D eigenvalue weighted by Gasteiger charge is -2.28. The smallest absolute Gasteiger partial charge is 0.326 e. The molecule has 0 spiro atoms. The molecule has 0 aliphatic carbocycles. The lowest BCUT2D eigenvalue weighted by molar-refractivity contribution is -0.149. The van der Waals surface area contributed by atoms with E-state index < -0.39 is 17.3 Å². The fourth-order valence-corrected chi connectivity index (χ4v) is 3.17. The minimum absolute atomic E-state index is 0.0449. The Labute approximate surface area is 136 Å². The third-order valence-corrected chi connectivity index (χ3v) is 5.10. The largest absolute Gasteiger partial charge is 0.480 e. The van der Waals surface area contributed by atoms with Gasteiger partial charge >= 0.3 is 5.97 Å². The standard InChI is InChI=1S/C17H23NO3S/c1-11(2)15(22)16(19)18-9-8-13(14(18)17(20)21)10-12-6-4-3-5-7-12/h3-7,11,13-15,22H,8-10H2,1-2H3,(H,20,21). The highest BCUT2D eigenvalue weighted by molar-refractivity contribution is 7.81. The van der Waals surface area contributed by atoms with Gasteiger partial charge in [-0.3, -0.25) is 4.79 Å². The summed E-state index contributed by atoms with van der Waals surface area (Å²) in [5.41, 5.74) is 1.11. The van der Waals surface area contributed by atoms with Crippen molar-refractivity contribution in [3.8, 4) is 0 Å². The molecule has 1 aromatic carbocycles. The molecule has 1 aromatic rings. The number of hydrogen-bond acceptors (Lipinski definition) is 3. The number of carbonyl (C=O) groups is 2. The highest BCUT2D eigenvalue weighted by atomic mass is 32.1. The Morgan fingerprint density at radius 3 is 2.50 bits per heavy atom. The Hall–Kier alpha value is -1.49. The summed E-state index contributed by atoms with van der Waals surface area (Å²) in [6.07, 6.45) is 1.40. The highest BCUT2D eigenvalue weighted by Gasteiger charge is 2.43. The van der Waals surface area contributed by atoms with Crippen LogP contribution in [0.1, 0.15) is 25.8 Å². The third kappa shape index (κ3) is 3.64. The number of hydrogen-bond donors (Lipinski definition) is 2. The summed E-state index contributed by atoms with van der Waals surface area (Å²) in [4.78, 5) is 25.7. The summed E-state index contributed by atoms with van der Waals surface area (Å²) < 4.78 is 0. The van der Waals surface area contributed by atoms with E-state index in [0.717, 1.165) is 12.0 Å². The number of carbonyl (C=O) groups excluding carboxylic acids is 1. The molecule has 0 saturated carbocycles. The van der Waals surface area contributed by atoms with Crippen molar-refractivity contribution in [2.24, 2.45) is 11.8 Å². The fraction of sp³-hybridized carbons (Fsp3) is 0.529. The highest BCUT2D eigenvalue weighted by Crippen LogP contribution is 2.30. The van der Waals surface area contributed by atoms with Crippen molar-refractivity contribution in [3.63, 3.8) is 0 Å². The number of likely N-dealkylation sites (tertiary alicyclic amines) is 1. The molecule has 1 N–H and O–H groups in total. The van der Waals surface area contributed by atoms with Crippen molar-refractivity contribution < 1.29 is 14.7 Å². The average Bonchev–Trinajstić information content (AvgIpc) is 2.90. The van der Waals surface area contributed by atoms with Gasteiger partial charge in [0.2, 0.25) is 5.91 Å². The van der Waals surface area contributed by atoms with Crippen LogP contribution in [0.2, 0.25) is 0 Å². The summed E-state index contributed by atoms with van der Waals surface area (Å²) in [5.74, 6) is -1.05. The van der Waals surface area contributed by atoms with Crippen LogP contribution in [0, 0.1) is 11.8 Å². The minimum atomic E-state index is -0.920. The molecular formula is C17H23NO3S. The van der Waals surface area contributed by atoms with Crippen molar-refractivity contribution in [1.29, 1.82) is 0 Å². The van der Waals surface area contributed by atoms with Gasteiger partial charge in [0.15, 0.2) is 0 Å². The maximum absolute atomic E-state index is 12.5. The molecule has 3 atom stereocenters. The van der Waals surface area contributed by atoms with E-state index in [9.17, 15) is 14.7 Å². The van der Waals surface area contributed by atoms with Crippen LogP contribution in [0.4, 0.5) is 0 Å². The fourth-order valence-electron chi connectivity index (χ4n) is 3.02. The first-order valence-electron chi connectivity index (χ1n) is 7.67. The van der Waals surface area contributed by atoms with Crippen molar-refractivity contribution in [1.82, 2.24) is 4.90 Å². The van der Waals surface area contributed by atoms with Crippen LogP contribution in [-0.4, -0.2) is 39.7 Å². The number of rotatable bonds is 5. The van der Waals surface area contributed by atoms with Crippen LogP contribution in [-0.2, 0) is 16.0 Å². The van der Waals surface area contributed by atoms with Gasteiger partial charge in [0.1, 0.15) is 6.04 Å². The second-order valence-corrected chi connectivity index (χ2v) is 6.80. The molecular weight excluding hydrogens is 298 g/mol. The van der Waals surface area contributed by atoms with Crippen LogP contribution >= 0.6 is 12.6 Å². The molecule has 22 heavy (non-hydrogen) atoms. The summed E-state index contributed by atoms with van der Waals surface area (Å²) >= 11 is 4.35. The molecule has 1 fully saturated rings. The monoisotopic (exact) mass is 321 g/mol. The van der Waals surface area contributed by atoms with E-state index >= 15 is 0 Å². The number of benzene rings is 1. The third-order valence-electron chi connectivity index (χ3n) is 4.28. The molecule has 120 valence electrons. The van der Waals surface area contributed by atoms with E-state index in [4.69, 9.17) is 0 Å². The molecule has 5 heteroatoms. The van der Waals surface area contributed by atoms with Crippen molar-refractivity contribution in [2.45, 2.75) is 38.0 Å². The maximum Gasteiger partial charge on any atom is 0.326 e. The average molecular weight is 321 g/mol. The quantitative estimate of drug-likeness (QED) is 0.819. The second kappa shape index (κ2) is 7.18. The van der Waals surface area contributed by atoms with Crippen molar-refractivity contribution in [3.05, 3.63) is 35.9 Å². The van der Waals surface area contributed by atoms with Crippen LogP contribution in [0.3, 0.4) is 0 Å². The zero-order chi connectivity index (χ0) is 16.3. The van der Waals surface area contributed by atoms with Crippen LogP contribution in [0.5, 0.6) is 0 Å². The molecule has 0 aromatic heterocycles. The Morgan fingerprint density at radius 1 is 1.32 bits per heavy atom. The van der Waals surface area contributed by atoms with Gasteiger partial charge in [-0.05, 0) is 30.2 Å². The van der Waals surface area contributed by atoms with E-state index in [1.807, 2.05) is 44.2 Å². The van der Waals surface area contributed by atoms with Crippen LogP contribution in [0.25, 0.3) is 0 Å². The summed E-state index contributed by atoms with van der Waals surface area (Å²) in [7, 11) is 0. The summed E-state index contributed by atoms with van der Waals surface area (Å²) in [6, 6.07) is 9.09. The Balaban J connectivity index is 2.14. The molecule has 1 aliphatic rings. The van der Waals surface area contributed by atoms with Gasteiger partial charge < -0.3 is 10.0 Å². The Kier molecular flexibility index (Phi) is 5.51. The summed E-state index contributed by atoms with van der Waals surface area (Å²) in [6.45, 7) is 4.34. The number of nitrogens with zero attached hydrogens (tertiary/aromatic N) is 1. The van der Waals surface area contributed by atoms with E-state index in [-0.39, 0.29) is 17.7 Å². The van der Waals surface area contributed by atoms with Gasteiger partial charge in [0.25, 0.3) is 0 Å². The molecule has 3 unspecified atom stereocenters. The van der Waals surface area contributed by atoms with E-state index in [1.165, 1.54) is 4.90 Å². The zero-order valence-electron chi connectivity index (χ0n) is 13.0. The van der Waals surface area contributed by atoms with E-state index in [2.05, 4.69) is 12.6 Å². The molecule has 1 amide bonds. The van der Waals surface area contributed by atoms with Gasteiger partial charge in [-0.15, -0.1) is 0 Å². The Bertz CT molecular complexity index is 532. The molecule has 2 rings (SSSR count). The minimum Gasteiger partial charge on any atom is -0.480 e. The van der Waals surface area contributed by atoms with Gasteiger partial charge in [-0.2, -0.15) is 12.6 Å². The Morgan fingerprint density at radius 2 is 1.95 bits per heavy atom. The SMILES string of the molecule is CC(C)C(S)C(=O)N1CCC(Cc2ccccc2)C1C(=O)O. The van der Waals surface area contributed by atoms with Gasteiger partial charge in [-0.25, -0.2) is 4.79 Å². The van der Waals surface area contributed by atoms with E-state index in [0.29, 0.717) is 13.0 Å². The van der Waals surface area contributed by atoms with Gasteiger partial charge in [-0.1, -0.05) is 44.2 Å². The molecule has 0 bridgehead atoms. The van der Waals surface area contributed by atoms with Crippen molar-refractivity contribution >= 4 is 24.5 Å². The number of carboxylic acids is 1. The zero-order valence-corrected chi connectivity index (χ0v) is 13.9. The first-order chi connectivity index (χ1) is 10.4. The molecule has 1 aliphatic heterocycles. The topological polar surface area (TPSA) is 57.6 Å². The summed E-state index contributed by atoms with van der Waals surface area (Å²) in [5, 5.41) is 9.14. The molecule has 4 nitrogen and oxygen atoms in total. The molecule has 0 radical (unpaired) electrons. The van der Waals surface area contributed by atoms with E-state index in [1.54, 1.807) is 0 Å². The maximum atomic E-state index is 12.5. The first kappa shape index (κ1) is 16.9. The van der Waals surface area contributed by atoms with Crippen LogP contribution in [0.15, 0.2) is 30.3 Å². The lowest BCUT2D eigenvalue weighted by Crippen LogP contribution is -2.47. The number of carboxylic acid groups (broad SMARTS) is 1. The molecule has 1 saturated heterocycles. The predicted octanol–water partition coefficient (Wildman–Crippen LogP) is 2.49. The number of amides is 1. The van der Waals surface area contributed by atoms with Crippen molar-refractivity contribution in [2.75, 3.05) is 6.54 Å². The number of aliphatic carboxylic acids is 1. The lowest BCUT2D eigenvalue weighted by atomic mass is 9.92. The first-order valence-corrected chi connectivity index (χ1v) is 8.18. The molecule has 1 heterocycles. The second-order valence-electron chi connectivity index (χ2n) is 6.24. The van der Waals surface area contributed by atoms with Crippen LogP contribution < -0.4 is 0 Å². The van der Waals surface area contributed by atoms with Gasteiger partial charge in [0.05, 0.1) is 5.25 Å². The predicted molar refractivity (Wildman–Crippen MR) is 89.0 cm³/mol.